The van der Waals surface area contributed by atoms with E-state index in [1.54, 1.807) is 0 Å². The largest absolute Gasteiger partial charge is 0.398 e. The molecule has 3 heteroatoms. The van der Waals surface area contributed by atoms with E-state index in [1.807, 2.05) is 6.07 Å². The van der Waals surface area contributed by atoms with Crippen molar-refractivity contribution in [3.05, 3.63) is 29.3 Å². The second-order valence-electron chi connectivity index (χ2n) is 6.28. The molecule has 1 aromatic rings. The predicted octanol–water partition coefficient (Wildman–Crippen LogP) is 2.50. The lowest BCUT2D eigenvalue weighted by molar-refractivity contribution is 0.0984. The van der Waals surface area contributed by atoms with Gasteiger partial charge in [0, 0.05) is 24.8 Å². The van der Waals surface area contributed by atoms with Crippen molar-refractivity contribution >= 4 is 5.69 Å². The van der Waals surface area contributed by atoms with Gasteiger partial charge in [-0.25, -0.2) is 0 Å². The van der Waals surface area contributed by atoms with Gasteiger partial charge in [-0.2, -0.15) is 0 Å². The highest BCUT2D eigenvalue weighted by atomic mass is 15.2. The third-order valence-corrected chi connectivity index (χ3v) is 4.95. The predicted molar refractivity (Wildman–Crippen MR) is 84.7 cm³/mol. The van der Waals surface area contributed by atoms with Crippen LogP contribution in [0, 0.1) is 0 Å². The number of rotatable bonds is 3. The maximum Gasteiger partial charge on any atom is 0.0362 e. The first-order valence-corrected chi connectivity index (χ1v) is 8.10. The van der Waals surface area contributed by atoms with Gasteiger partial charge in [0.1, 0.15) is 0 Å². The third-order valence-electron chi connectivity index (χ3n) is 4.95. The van der Waals surface area contributed by atoms with Crippen molar-refractivity contribution in [3.63, 3.8) is 0 Å². The highest BCUT2D eigenvalue weighted by Gasteiger charge is 2.27. The fourth-order valence-electron chi connectivity index (χ4n) is 3.76. The number of hydrogen-bond acceptors (Lipinski definition) is 3. The normalized spacial score (nSPS) is 21.9. The zero-order valence-electron chi connectivity index (χ0n) is 12.6. The third kappa shape index (κ3) is 2.84. The van der Waals surface area contributed by atoms with Crippen LogP contribution in [0.4, 0.5) is 5.69 Å². The number of fused-ring (bicyclic) bond motifs is 1. The van der Waals surface area contributed by atoms with Crippen molar-refractivity contribution in [2.45, 2.75) is 45.2 Å². The summed E-state index contributed by atoms with van der Waals surface area (Å²) in [5.41, 5.74) is 9.99. The Morgan fingerprint density at radius 1 is 1.20 bits per heavy atom. The van der Waals surface area contributed by atoms with Crippen molar-refractivity contribution in [2.75, 3.05) is 31.9 Å². The lowest BCUT2D eigenvalue weighted by Gasteiger charge is -2.41. The molecule has 0 amide bonds. The molecular weight excluding hydrogens is 246 g/mol. The molecule has 2 aliphatic rings. The van der Waals surface area contributed by atoms with E-state index >= 15 is 0 Å². The van der Waals surface area contributed by atoms with Crippen LogP contribution in [-0.2, 0) is 13.0 Å². The molecule has 1 fully saturated rings. The van der Waals surface area contributed by atoms with Crippen molar-refractivity contribution < 1.29 is 0 Å². The molecule has 0 spiro atoms. The molecule has 0 unspecified atom stereocenters. The molecule has 0 radical (unpaired) electrons. The monoisotopic (exact) mass is 273 g/mol. The van der Waals surface area contributed by atoms with Gasteiger partial charge in [-0.1, -0.05) is 19.1 Å². The summed E-state index contributed by atoms with van der Waals surface area (Å²) in [6.45, 7) is 8.34. The quantitative estimate of drug-likeness (QED) is 0.859. The number of benzene rings is 1. The Kier molecular flexibility index (Phi) is 4.27. The van der Waals surface area contributed by atoms with Gasteiger partial charge in [0.15, 0.2) is 0 Å². The first-order valence-electron chi connectivity index (χ1n) is 8.10. The minimum absolute atomic E-state index is 0.760. The summed E-state index contributed by atoms with van der Waals surface area (Å²) in [6.07, 6.45) is 5.08. The van der Waals surface area contributed by atoms with Crippen LogP contribution in [0.1, 0.15) is 37.3 Å². The maximum atomic E-state index is 6.16. The zero-order valence-corrected chi connectivity index (χ0v) is 12.6. The number of nitrogen functional groups attached to an aromatic ring is 1. The van der Waals surface area contributed by atoms with E-state index < -0.39 is 0 Å². The van der Waals surface area contributed by atoms with Crippen LogP contribution in [-0.4, -0.2) is 42.0 Å². The molecule has 2 heterocycles. The first kappa shape index (κ1) is 13.9. The van der Waals surface area contributed by atoms with Crippen LogP contribution < -0.4 is 5.73 Å². The summed E-state index contributed by atoms with van der Waals surface area (Å²) < 4.78 is 0. The summed E-state index contributed by atoms with van der Waals surface area (Å²) in [5.74, 6) is 0. The fraction of sp³-hybridized carbons (Fsp3) is 0.647. The van der Waals surface area contributed by atoms with Crippen molar-refractivity contribution in [3.8, 4) is 0 Å². The van der Waals surface area contributed by atoms with E-state index in [0.29, 0.717) is 0 Å². The molecule has 110 valence electrons. The topological polar surface area (TPSA) is 32.5 Å². The van der Waals surface area contributed by atoms with Gasteiger partial charge in [-0.3, -0.25) is 4.90 Å². The van der Waals surface area contributed by atoms with Gasteiger partial charge < -0.3 is 10.6 Å². The average molecular weight is 273 g/mol. The molecule has 0 bridgehead atoms. The molecule has 20 heavy (non-hydrogen) atoms. The molecule has 0 aliphatic carbocycles. The van der Waals surface area contributed by atoms with Crippen molar-refractivity contribution in [1.29, 1.82) is 0 Å². The standard InChI is InChI=1S/C17H27N3/c1-2-9-19-10-7-15(8-11-19)20-12-6-14-4-3-5-17(18)16(14)13-20/h3-5,15H,2,6-13,18H2,1H3. The Labute approximate surface area is 122 Å². The highest BCUT2D eigenvalue weighted by Crippen LogP contribution is 2.28. The van der Waals surface area contributed by atoms with Crippen LogP contribution in [0.25, 0.3) is 0 Å². The Hall–Kier alpha value is -1.06. The van der Waals surface area contributed by atoms with Crippen molar-refractivity contribution in [2.24, 2.45) is 0 Å². The van der Waals surface area contributed by atoms with E-state index in [9.17, 15) is 0 Å². The fourth-order valence-corrected chi connectivity index (χ4v) is 3.76. The molecule has 1 aromatic carbocycles. The molecule has 0 aromatic heterocycles. The second-order valence-corrected chi connectivity index (χ2v) is 6.28. The molecule has 3 rings (SSSR count). The molecule has 3 nitrogen and oxygen atoms in total. The van der Waals surface area contributed by atoms with Gasteiger partial charge in [-0.05, 0) is 62.5 Å². The minimum atomic E-state index is 0.760. The lowest BCUT2D eigenvalue weighted by atomic mass is 9.94. The van der Waals surface area contributed by atoms with Crippen molar-refractivity contribution in [1.82, 2.24) is 9.80 Å². The zero-order chi connectivity index (χ0) is 13.9. The number of anilines is 1. The van der Waals surface area contributed by atoms with E-state index in [-0.39, 0.29) is 0 Å². The van der Waals surface area contributed by atoms with E-state index in [4.69, 9.17) is 5.73 Å². The SMILES string of the molecule is CCCN1CCC(N2CCc3cccc(N)c3C2)CC1. The minimum Gasteiger partial charge on any atom is -0.398 e. The van der Waals surface area contributed by atoms with Gasteiger partial charge in [0.2, 0.25) is 0 Å². The van der Waals surface area contributed by atoms with Crippen LogP contribution in [0.15, 0.2) is 18.2 Å². The number of nitrogens with zero attached hydrogens (tertiary/aromatic N) is 2. The van der Waals surface area contributed by atoms with Gasteiger partial charge in [0.05, 0.1) is 0 Å². The van der Waals surface area contributed by atoms with Crippen LogP contribution in [0.3, 0.4) is 0 Å². The molecule has 0 atom stereocenters. The lowest BCUT2D eigenvalue weighted by Crippen LogP contribution is -2.46. The Morgan fingerprint density at radius 3 is 2.75 bits per heavy atom. The van der Waals surface area contributed by atoms with Crippen LogP contribution >= 0.6 is 0 Å². The van der Waals surface area contributed by atoms with Gasteiger partial charge in [-0.15, -0.1) is 0 Å². The maximum absolute atomic E-state index is 6.16. The summed E-state index contributed by atoms with van der Waals surface area (Å²) in [4.78, 5) is 5.28. The molecule has 0 saturated carbocycles. The Balaban J connectivity index is 1.62. The number of nitrogens with two attached hydrogens (primary N) is 1. The molecular formula is C17H27N3. The van der Waals surface area contributed by atoms with Gasteiger partial charge >= 0.3 is 0 Å². The summed E-state index contributed by atoms with van der Waals surface area (Å²) in [6, 6.07) is 7.14. The average Bonchev–Trinajstić information content (AvgIpc) is 2.49. The summed E-state index contributed by atoms with van der Waals surface area (Å²) in [5, 5.41) is 0. The highest BCUT2D eigenvalue weighted by molar-refractivity contribution is 5.51. The first-order chi connectivity index (χ1) is 9.78. The Morgan fingerprint density at radius 2 is 2.00 bits per heavy atom. The molecule has 2 N–H and O–H groups in total. The summed E-state index contributed by atoms with van der Waals surface area (Å²) >= 11 is 0. The van der Waals surface area contributed by atoms with E-state index in [2.05, 4.69) is 28.9 Å². The molecule has 1 saturated heterocycles. The Bertz CT molecular complexity index is 450. The second kappa shape index (κ2) is 6.15. The van der Waals surface area contributed by atoms with E-state index in [1.165, 1.54) is 56.6 Å². The van der Waals surface area contributed by atoms with Gasteiger partial charge in [0.25, 0.3) is 0 Å². The van der Waals surface area contributed by atoms with Crippen LogP contribution in [0.2, 0.25) is 0 Å². The smallest absolute Gasteiger partial charge is 0.0362 e. The van der Waals surface area contributed by atoms with Crippen LogP contribution in [0.5, 0.6) is 0 Å². The number of hydrogen-bond donors (Lipinski definition) is 1. The van der Waals surface area contributed by atoms with E-state index in [0.717, 1.165) is 24.7 Å². The molecule has 2 aliphatic heterocycles. The number of likely N-dealkylation sites (tertiary alicyclic amines) is 1. The summed E-state index contributed by atoms with van der Waals surface area (Å²) in [7, 11) is 0. The number of piperidine rings is 1.